The van der Waals surface area contributed by atoms with Gasteiger partial charge in [0.1, 0.15) is 6.54 Å². The lowest BCUT2D eigenvalue weighted by Crippen LogP contribution is -2.51. The topological polar surface area (TPSA) is 78.9 Å². The molecular formula is C14H26N2O4. The SMILES string of the molecule is CCCC(COC)NC(=O)N(CC(=O)O)C1CCCC1. The number of methoxy groups -OCH3 is 1. The first kappa shape index (κ1) is 16.8. The number of ether oxygens (including phenoxy) is 1. The molecule has 1 aliphatic carbocycles. The Bertz CT molecular complexity index is 310. The number of carbonyl (C=O) groups is 2. The zero-order valence-electron chi connectivity index (χ0n) is 12.4. The molecule has 6 heteroatoms. The van der Waals surface area contributed by atoms with Gasteiger partial charge in [0.05, 0.1) is 12.6 Å². The third-order valence-corrected chi connectivity index (χ3v) is 3.66. The van der Waals surface area contributed by atoms with Crippen molar-refractivity contribution in [2.24, 2.45) is 0 Å². The first-order valence-electron chi connectivity index (χ1n) is 7.36. The van der Waals surface area contributed by atoms with E-state index in [1.807, 2.05) is 6.92 Å². The van der Waals surface area contributed by atoms with Gasteiger partial charge in [-0.2, -0.15) is 0 Å². The second kappa shape index (κ2) is 8.79. The number of carboxylic acids is 1. The molecule has 1 unspecified atom stereocenters. The smallest absolute Gasteiger partial charge is 0.323 e. The summed E-state index contributed by atoms with van der Waals surface area (Å²) >= 11 is 0. The van der Waals surface area contributed by atoms with E-state index in [2.05, 4.69) is 5.32 Å². The molecule has 1 aliphatic rings. The summed E-state index contributed by atoms with van der Waals surface area (Å²) in [6, 6.07) is -0.291. The van der Waals surface area contributed by atoms with Gasteiger partial charge in [-0.05, 0) is 19.3 Å². The van der Waals surface area contributed by atoms with Gasteiger partial charge in [-0.15, -0.1) is 0 Å². The Kier molecular flexibility index (Phi) is 7.36. The summed E-state index contributed by atoms with van der Waals surface area (Å²) in [4.78, 5) is 24.7. The molecule has 1 saturated carbocycles. The molecule has 2 amide bonds. The summed E-state index contributed by atoms with van der Waals surface area (Å²) in [6.45, 7) is 2.26. The minimum Gasteiger partial charge on any atom is -0.480 e. The van der Waals surface area contributed by atoms with E-state index >= 15 is 0 Å². The van der Waals surface area contributed by atoms with Crippen LogP contribution in [0, 0.1) is 0 Å². The highest BCUT2D eigenvalue weighted by molar-refractivity contribution is 5.80. The maximum atomic E-state index is 12.3. The summed E-state index contributed by atoms with van der Waals surface area (Å²) < 4.78 is 5.09. The molecule has 0 aromatic heterocycles. The lowest BCUT2D eigenvalue weighted by molar-refractivity contribution is -0.138. The number of urea groups is 1. The third-order valence-electron chi connectivity index (χ3n) is 3.66. The molecule has 2 N–H and O–H groups in total. The predicted octanol–water partition coefficient (Wildman–Crippen LogP) is 1.84. The second-order valence-corrected chi connectivity index (χ2v) is 5.35. The number of hydrogen-bond donors (Lipinski definition) is 2. The summed E-state index contributed by atoms with van der Waals surface area (Å²) in [5.74, 6) is -0.967. The fraction of sp³-hybridized carbons (Fsp3) is 0.857. The van der Waals surface area contributed by atoms with E-state index in [-0.39, 0.29) is 24.7 Å². The van der Waals surface area contributed by atoms with Crippen LogP contribution in [-0.2, 0) is 9.53 Å². The zero-order chi connectivity index (χ0) is 15.0. The predicted molar refractivity (Wildman–Crippen MR) is 75.7 cm³/mol. The van der Waals surface area contributed by atoms with Crippen molar-refractivity contribution in [1.82, 2.24) is 10.2 Å². The van der Waals surface area contributed by atoms with Gasteiger partial charge in [-0.3, -0.25) is 4.79 Å². The molecule has 116 valence electrons. The molecule has 20 heavy (non-hydrogen) atoms. The molecule has 0 aromatic carbocycles. The van der Waals surface area contributed by atoms with E-state index in [0.717, 1.165) is 38.5 Å². The van der Waals surface area contributed by atoms with Crippen LogP contribution in [0.2, 0.25) is 0 Å². The van der Waals surface area contributed by atoms with E-state index < -0.39 is 5.97 Å². The van der Waals surface area contributed by atoms with Gasteiger partial charge in [0.15, 0.2) is 0 Å². The highest BCUT2D eigenvalue weighted by Crippen LogP contribution is 2.23. The Labute approximate surface area is 120 Å². The van der Waals surface area contributed by atoms with Crippen molar-refractivity contribution in [3.63, 3.8) is 0 Å². The Hall–Kier alpha value is -1.30. The van der Waals surface area contributed by atoms with Crippen LogP contribution in [0.25, 0.3) is 0 Å². The van der Waals surface area contributed by atoms with Crippen LogP contribution >= 0.6 is 0 Å². The summed E-state index contributed by atoms with van der Waals surface area (Å²) in [6.07, 6.45) is 5.67. The van der Waals surface area contributed by atoms with E-state index in [4.69, 9.17) is 9.84 Å². The van der Waals surface area contributed by atoms with Crippen molar-refractivity contribution in [1.29, 1.82) is 0 Å². The molecule has 1 fully saturated rings. The minimum atomic E-state index is -0.967. The molecule has 1 atom stereocenters. The maximum Gasteiger partial charge on any atom is 0.323 e. The molecule has 0 radical (unpaired) electrons. The summed E-state index contributed by atoms with van der Waals surface area (Å²) in [5, 5.41) is 11.9. The number of carboxylic acid groups (broad SMARTS) is 1. The van der Waals surface area contributed by atoms with Crippen LogP contribution in [0.4, 0.5) is 4.79 Å². The van der Waals surface area contributed by atoms with Gasteiger partial charge >= 0.3 is 12.0 Å². The first-order chi connectivity index (χ1) is 9.58. The van der Waals surface area contributed by atoms with Crippen molar-refractivity contribution in [3.8, 4) is 0 Å². The monoisotopic (exact) mass is 286 g/mol. The van der Waals surface area contributed by atoms with Gasteiger partial charge in [0.2, 0.25) is 0 Å². The Balaban J connectivity index is 2.63. The highest BCUT2D eigenvalue weighted by atomic mass is 16.5. The van der Waals surface area contributed by atoms with Crippen molar-refractivity contribution >= 4 is 12.0 Å². The number of nitrogens with one attached hydrogen (secondary N) is 1. The van der Waals surface area contributed by atoms with Crippen molar-refractivity contribution in [2.75, 3.05) is 20.3 Å². The Morgan fingerprint density at radius 1 is 1.40 bits per heavy atom. The van der Waals surface area contributed by atoms with E-state index in [9.17, 15) is 9.59 Å². The van der Waals surface area contributed by atoms with Gasteiger partial charge in [0, 0.05) is 13.2 Å². The highest BCUT2D eigenvalue weighted by Gasteiger charge is 2.29. The van der Waals surface area contributed by atoms with Crippen LogP contribution < -0.4 is 5.32 Å². The molecule has 0 heterocycles. The summed E-state index contributed by atoms with van der Waals surface area (Å²) in [7, 11) is 1.60. The maximum absolute atomic E-state index is 12.3. The first-order valence-corrected chi connectivity index (χ1v) is 7.36. The molecule has 0 bridgehead atoms. The summed E-state index contributed by atoms with van der Waals surface area (Å²) in [5.41, 5.74) is 0. The third kappa shape index (κ3) is 5.36. The van der Waals surface area contributed by atoms with Crippen LogP contribution in [-0.4, -0.2) is 54.4 Å². The fourth-order valence-corrected chi connectivity index (χ4v) is 2.73. The number of hydrogen-bond acceptors (Lipinski definition) is 3. The molecule has 0 aromatic rings. The molecular weight excluding hydrogens is 260 g/mol. The zero-order valence-corrected chi connectivity index (χ0v) is 12.4. The number of aliphatic carboxylic acids is 1. The van der Waals surface area contributed by atoms with Crippen LogP contribution in [0.5, 0.6) is 0 Å². The number of amides is 2. The number of nitrogens with zero attached hydrogens (tertiary/aromatic N) is 1. The van der Waals surface area contributed by atoms with Gasteiger partial charge in [-0.25, -0.2) is 4.79 Å². The lowest BCUT2D eigenvalue weighted by Gasteiger charge is -2.29. The van der Waals surface area contributed by atoms with Gasteiger partial charge in [-0.1, -0.05) is 26.2 Å². The number of rotatable bonds is 8. The van der Waals surface area contributed by atoms with E-state index in [1.54, 1.807) is 7.11 Å². The van der Waals surface area contributed by atoms with Crippen LogP contribution in [0.1, 0.15) is 45.4 Å². The molecule has 6 nitrogen and oxygen atoms in total. The molecule has 0 saturated heterocycles. The minimum absolute atomic E-state index is 0.0518. The average molecular weight is 286 g/mol. The van der Waals surface area contributed by atoms with Gasteiger partial charge < -0.3 is 20.1 Å². The normalized spacial score (nSPS) is 16.9. The largest absolute Gasteiger partial charge is 0.480 e. The van der Waals surface area contributed by atoms with Crippen molar-refractivity contribution in [3.05, 3.63) is 0 Å². The van der Waals surface area contributed by atoms with Gasteiger partial charge in [0.25, 0.3) is 0 Å². The average Bonchev–Trinajstić information content (AvgIpc) is 2.89. The molecule has 0 spiro atoms. The Morgan fingerprint density at radius 2 is 2.05 bits per heavy atom. The molecule has 0 aliphatic heterocycles. The lowest BCUT2D eigenvalue weighted by atomic mass is 10.2. The molecule has 1 rings (SSSR count). The van der Waals surface area contributed by atoms with E-state index in [1.165, 1.54) is 4.90 Å². The van der Waals surface area contributed by atoms with Crippen molar-refractivity contribution in [2.45, 2.75) is 57.5 Å². The van der Waals surface area contributed by atoms with Crippen LogP contribution in [0.15, 0.2) is 0 Å². The fourth-order valence-electron chi connectivity index (χ4n) is 2.73. The second-order valence-electron chi connectivity index (χ2n) is 5.35. The standard InChI is InChI=1S/C14H26N2O4/c1-3-6-11(10-20-2)15-14(19)16(9-13(17)18)12-7-4-5-8-12/h11-12H,3-10H2,1-2H3,(H,15,19)(H,17,18). The Morgan fingerprint density at radius 3 is 2.55 bits per heavy atom. The van der Waals surface area contributed by atoms with Crippen molar-refractivity contribution < 1.29 is 19.4 Å². The van der Waals surface area contributed by atoms with Crippen LogP contribution in [0.3, 0.4) is 0 Å². The number of carbonyl (C=O) groups excluding carboxylic acids is 1. The van der Waals surface area contributed by atoms with E-state index in [0.29, 0.717) is 6.61 Å². The quantitative estimate of drug-likeness (QED) is 0.713.